The summed E-state index contributed by atoms with van der Waals surface area (Å²) >= 11 is 1.43. The zero-order valence-corrected chi connectivity index (χ0v) is 5.05. The van der Waals surface area contributed by atoms with Crippen molar-refractivity contribution in [3.8, 4) is 0 Å². The van der Waals surface area contributed by atoms with Crippen LogP contribution in [0.3, 0.4) is 0 Å². The molecular weight excluding hydrogens is 122 g/mol. The van der Waals surface area contributed by atoms with Crippen molar-refractivity contribution in [1.82, 2.24) is 5.32 Å². The molecule has 0 saturated carbocycles. The Hall–Kier alpha value is -0.660. The van der Waals surface area contributed by atoms with E-state index in [4.69, 9.17) is 0 Å². The highest BCUT2D eigenvalue weighted by atomic mass is 32.2. The summed E-state index contributed by atoms with van der Waals surface area (Å²) < 4.78 is 0. The first-order chi connectivity index (χ1) is 3.83. The van der Waals surface area contributed by atoms with Gasteiger partial charge >= 0.3 is 0 Å². The molecule has 0 aromatic carbocycles. The second kappa shape index (κ2) is 2.07. The van der Waals surface area contributed by atoms with E-state index in [1.165, 1.54) is 11.8 Å². The monoisotopic (exact) mass is 127 g/mol. The molecule has 2 nitrogen and oxygen atoms in total. The van der Waals surface area contributed by atoms with E-state index < -0.39 is 0 Å². The fourth-order valence-corrected chi connectivity index (χ4v) is 1.07. The van der Waals surface area contributed by atoms with Gasteiger partial charge in [0, 0.05) is 0 Å². The predicted molar refractivity (Wildman–Crippen MR) is 33.3 cm³/mol. The summed E-state index contributed by atoms with van der Waals surface area (Å²) in [5.41, 5.74) is 2.59. The van der Waals surface area contributed by atoms with Crippen LogP contribution in [0, 0.1) is 0 Å². The van der Waals surface area contributed by atoms with Crippen molar-refractivity contribution in [1.29, 1.82) is 0 Å². The number of hydrogen-bond donors (Lipinski definition) is 1. The van der Waals surface area contributed by atoms with Crippen LogP contribution in [0.25, 0.3) is 0 Å². The molecule has 0 aliphatic carbocycles. The third-order valence-corrected chi connectivity index (χ3v) is 1.70. The quantitative estimate of drug-likeness (QED) is 0.479. The molecule has 1 amide bonds. The minimum Gasteiger partial charge on any atom is -0.313 e. The van der Waals surface area contributed by atoms with Gasteiger partial charge in [0.05, 0.1) is 5.75 Å². The number of rotatable bonds is 0. The molecule has 1 fully saturated rings. The molecule has 1 heterocycles. The van der Waals surface area contributed by atoms with Crippen molar-refractivity contribution in [2.45, 2.75) is 0 Å². The summed E-state index contributed by atoms with van der Waals surface area (Å²) in [7, 11) is 0. The van der Waals surface area contributed by atoms with Crippen LogP contribution in [0.2, 0.25) is 0 Å². The summed E-state index contributed by atoms with van der Waals surface area (Å²) in [5, 5.41) is 3.32. The first-order valence-electron chi connectivity index (χ1n) is 2.15. The van der Waals surface area contributed by atoms with Crippen molar-refractivity contribution >= 4 is 17.7 Å². The van der Waals surface area contributed by atoms with Crippen molar-refractivity contribution < 1.29 is 4.79 Å². The van der Waals surface area contributed by atoms with Crippen molar-refractivity contribution in [3.63, 3.8) is 0 Å². The van der Waals surface area contributed by atoms with Gasteiger partial charge in [0.1, 0.15) is 5.03 Å². The van der Waals surface area contributed by atoms with Gasteiger partial charge in [-0.3, -0.25) is 4.79 Å². The molecule has 8 heavy (non-hydrogen) atoms. The molecule has 1 saturated heterocycles. The zero-order valence-electron chi connectivity index (χ0n) is 4.23. The van der Waals surface area contributed by atoms with Crippen LogP contribution >= 0.6 is 11.8 Å². The average Bonchev–Trinajstić information content (AvgIpc) is 2.14. The number of hydrogen-bond acceptors (Lipinski definition) is 2. The average molecular weight is 127 g/mol. The van der Waals surface area contributed by atoms with Gasteiger partial charge in [0.15, 0.2) is 0 Å². The van der Waals surface area contributed by atoms with Crippen LogP contribution in [0.4, 0.5) is 0 Å². The first kappa shape index (κ1) is 5.48. The lowest BCUT2D eigenvalue weighted by molar-refractivity contribution is -0.117. The number of carbonyl (C=O) groups excluding carboxylic acids is 1. The Balaban J connectivity index is 2.70. The fraction of sp³-hybridized carbons (Fsp3) is 0.200. The van der Waals surface area contributed by atoms with E-state index in [1.807, 2.05) is 0 Å². The molecule has 0 radical (unpaired) electrons. The molecule has 3 heteroatoms. The number of amides is 1. The van der Waals surface area contributed by atoms with Crippen LogP contribution in [0.1, 0.15) is 0 Å². The van der Waals surface area contributed by atoms with Gasteiger partial charge in [-0.05, 0) is 0 Å². The standard InChI is InChI=1S/C5H5NOS/c1-2-5-6-4(7)3-8-5/h1,3H2,(H,6,7). The van der Waals surface area contributed by atoms with E-state index in [-0.39, 0.29) is 5.91 Å². The lowest BCUT2D eigenvalue weighted by Crippen LogP contribution is -2.13. The molecule has 1 aliphatic rings. The van der Waals surface area contributed by atoms with Crippen LogP contribution in [-0.2, 0) is 4.79 Å². The zero-order chi connectivity index (χ0) is 5.98. The van der Waals surface area contributed by atoms with Gasteiger partial charge in [0.25, 0.3) is 0 Å². The Kier molecular flexibility index (Phi) is 1.42. The summed E-state index contributed by atoms with van der Waals surface area (Å²) in [6.45, 7) is 3.38. The topological polar surface area (TPSA) is 29.1 Å². The normalized spacial score (nSPS) is 18.0. The van der Waals surface area contributed by atoms with Crippen molar-refractivity contribution in [3.05, 3.63) is 17.3 Å². The van der Waals surface area contributed by atoms with Crippen LogP contribution in [0.5, 0.6) is 0 Å². The Labute approximate surface area is 51.6 Å². The summed E-state index contributed by atoms with van der Waals surface area (Å²) in [6.07, 6.45) is 0. The minimum atomic E-state index is 0.0427. The predicted octanol–water partition coefficient (Wildman–Crippen LogP) is 0.476. The molecule has 0 aromatic heterocycles. The molecule has 1 N–H and O–H groups in total. The van der Waals surface area contributed by atoms with E-state index in [2.05, 4.69) is 17.6 Å². The molecular formula is C5H5NOS. The molecule has 0 aromatic rings. The van der Waals surface area contributed by atoms with Gasteiger partial charge in [-0.15, -0.1) is 0 Å². The molecule has 0 spiro atoms. The van der Waals surface area contributed by atoms with E-state index in [9.17, 15) is 4.79 Å². The van der Waals surface area contributed by atoms with E-state index in [1.54, 1.807) is 0 Å². The fourth-order valence-electron chi connectivity index (χ4n) is 0.432. The SMILES string of the molecule is C=C=C1NC(=O)CS1. The van der Waals surface area contributed by atoms with Gasteiger partial charge in [-0.2, -0.15) is 0 Å². The maximum Gasteiger partial charge on any atom is 0.235 e. The van der Waals surface area contributed by atoms with Crippen molar-refractivity contribution in [2.75, 3.05) is 5.75 Å². The molecule has 0 atom stereocenters. The lowest BCUT2D eigenvalue weighted by atomic mass is 10.7. The Morgan fingerprint density at radius 1 is 1.88 bits per heavy atom. The van der Waals surface area contributed by atoms with Gasteiger partial charge in [-0.25, -0.2) is 0 Å². The minimum absolute atomic E-state index is 0.0427. The first-order valence-corrected chi connectivity index (χ1v) is 3.14. The highest BCUT2D eigenvalue weighted by Crippen LogP contribution is 2.15. The smallest absolute Gasteiger partial charge is 0.235 e. The molecule has 0 bridgehead atoms. The molecule has 42 valence electrons. The highest BCUT2D eigenvalue weighted by Gasteiger charge is 2.12. The summed E-state index contributed by atoms with van der Waals surface area (Å²) in [5.74, 6) is 0.554. The molecule has 1 aliphatic heterocycles. The summed E-state index contributed by atoms with van der Waals surface area (Å²) in [6, 6.07) is 0. The van der Waals surface area contributed by atoms with Crippen LogP contribution < -0.4 is 5.32 Å². The summed E-state index contributed by atoms with van der Waals surface area (Å²) in [4.78, 5) is 10.4. The van der Waals surface area contributed by atoms with E-state index >= 15 is 0 Å². The number of thioether (sulfide) groups is 1. The third-order valence-electron chi connectivity index (χ3n) is 0.761. The Morgan fingerprint density at radius 2 is 2.62 bits per heavy atom. The molecule has 1 rings (SSSR count). The second-order valence-corrected chi connectivity index (χ2v) is 2.33. The maximum atomic E-state index is 10.4. The van der Waals surface area contributed by atoms with Crippen LogP contribution in [0.15, 0.2) is 17.3 Å². The highest BCUT2D eigenvalue weighted by molar-refractivity contribution is 8.04. The van der Waals surface area contributed by atoms with Gasteiger partial charge < -0.3 is 5.32 Å². The Bertz CT molecular complexity index is 169. The molecule has 0 unspecified atom stereocenters. The van der Waals surface area contributed by atoms with Gasteiger partial charge in [0.2, 0.25) is 5.91 Å². The van der Waals surface area contributed by atoms with Crippen molar-refractivity contribution in [2.24, 2.45) is 0 Å². The van der Waals surface area contributed by atoms with Crippen LogP contribution in [-0.4, -0.2) is 11.7 Å². The third kappa shape index (κ3) is 0.941. The second-order valence-electron chi connectivity index (χ2n) is 1.34. The van der Waals surface area contributed by atoms with E-state index in [0.717, 1.165) is 5.03 Å². The number of nitrogens with one attached hydrogen (secondary N) is 1. The maximum absolute atomic E-state index is 10.4. The van der Waals surface area contributed by atoms with E-state index in [0.29, 0.717) is 5.75 Å². The lowest BCUT2D eigenvalue weighted by Gasteiger charge is -1.84. The Morgan fingerprint density at radius 3 is 2.88 bits per heavy atom. The van der Waals surface area contributed by atoms with Gasteiger partial charge in [-0.1, -0.05) is 24.1 Å². The number of carbonyl (C=O) groups is 1. The largest absolute Gasteiger partial charge is 0.313 e.